The third kappa shape index (κ3) is 3.72. The van der Waals surface area contributed by atoms with Gasteiger partial charge in [0.25, 0.3) is 0 Å². The molecule has 4 aliphatic carbocycles. The van der Waals surface area contributed by atoms with Gasteiger partial charge in [-0.3, -0.25) is 0 Å². The summed E-state index contributed by atoms with van der Waals surface area (Å²) in [6.07, 6.45) is 15.2. The molecule has 2 nitrogen and oxygen atoms in total. The van der Waals surface area contributed by atoms with Gasteiger partial charge in [0, 0.05) is 6.61 Å². The average Bonchev–Trinajstić information content (AvgIpc) is 3.09. The first-order valence-electron chi connectivity index (χ1n) is 13.2. The van der Waals surface area contributed by atoms with Crippen LogP contribution < -0.4 is 0 Å². The lowest BCUT2D eigenvalue weighted by molar-refractivity contribution is -0.0575. The molecule has 0 radical (unpaired) electrons. The van der Waals surface area contributed by atoms with E-state index in [-0.39, 0.29) is 6.10 Å². The van der Waals surface area contributed by atoms with Gasteiger partial charge >= 0.3 is 0 Å². The number of hydrogen-bond acceptors (Lipinski definition) is 2. The zero-order valence-electron chi connectivity index (χ0n) is 20.4. The van der Waals surface area contributed by atoms with Gasteiger partial charge in [0.2, 0.25) is 0 Å². The van der Waals surface area contributed by atoms with Crippen molar-refractivity contribution in [3.63, 3.8) is 0 Å². The maximum atomic E-state index is 10.2. The van der Waals surface area contributed by atoms with E-state index in [2.05, 4.69) is 40.7 Å². The Balaban J connectivity index is 1.46. The number of aliphatic hydroxyl groups is 2. The number of rotatable bonds is 6. The zero-order chi connectivity index (χ0) is 21.7. The molecule has 4 rings (SSSR count). The Hall–Kier alpha value is -0.340. The number of allylic oxidation sites excluding steroid dienone is 1. The van der Waals surface area contributed by atoms with Gasteiger partial charge in [-0.2, -0.15) is 0 Å². The molecule has 0 heterocycles. The maximum Gasteiger partial charge on any atom is 0.0577 e. The Bertz CT molecular complexity index is 641. The second kappa shape index (κ2) is 8.54. The number of aliphatic hydroxyl groups excluding tert-OH is 2. The van der Waals surface area contributed by atoms with E-state index in [9.17, 15) is 10.2 Å². The molecule has 10 atom stereocenters. The van der Waals surface area contributed by atoms with Gasteiger partial charge in [-0.25, -0.2) is 0 Å². The smallest absolute Gasteiger partial charge is 0.0577 e. The molecule has 0 saturated heterocycles. The lowest BCUT2D eigenvalue weighted by atomic mass is 9.47. The molecule has 4 aliphatic rings. The molecule has 3 saturated carbocycles. The molecular formula is C28H48O2. The van der Waals surface area contributed by atoms with E-state index >= 15 is 0 Å². The highest BCUT2D eigenvalue weighted by Gasteiger charge is 2.59. The summed E-state index contributed by atoms with van der Waals surface area (Å²) in [6, 6.07) is 0. The summed E-state index contributed by atoms with van der Waals surface area (Å²) in [5.74, 6) is 5.37. The van der Waals surface area contributed by atoms with Crippen molar-refractivity contribution < 1.29 is 10.2 Å². The van der Waals surface area contributed by atoms with Crippen molar-refractivity contribution in [2.24, 2.45) is 52.3 Å². The molecule has 30 heavy (non-hydrogen) atoms. The van der Waals surface area contributed by atoms with Gasteiger partial charge < -0.3 is 10.2 Å². The minimum atomic E-state index is -0.0950. The highest BCUT2D eigenvalue weighted by Crippen LogP contribution is 2.67. The van der Waals surface area contributed by atoms with Crippen molar-refractivity contribution in [3.05, 3.63) is 11.6 Å². The third-order valence-electron chi connectivity index (χ3n) is 11.2. The van der Waals surface area contributed by atoms with Gasteiger partial charge in [-0.05, 0) is 104 Å². The fourth-order valence-corrected chi connectivity index (χ4v) is 8.81. The monoisotopic (exact) mass is 416 g/mol. The van der Waals surface area contributed by atoms with E-state index in [0.29, 0.717) is 29.3 Å². The van der Waals surface area contributed by atoms with Gasteiger partial charge in [0.1, 0.15) is 0 Å². The summed E-state index contributed by atoms with van der Waals surface area (Å²) in [7, 11) is 0. The van der Waals surface area contributed by atoms with Crippen LogP contribution in [0.2, 0.25) is 0 Å². The molecule has 2 N–H and O–H groups in total. The highest BCUT2D eigenvalue weighted by atomic mass is 16.3. The number of fused-ring (bicyclic) bond motifs is 5. The Morgan fingerprint density at radius 3 is 2.47 bits per heavy atom. The average molecular weight is 417 g/mol. The van der Waals surface area contributed by atoms with Gasteiger partial charge in [0.05, 0.1) is 6.10 Å². The summed E-state index contributed by atoms with van der Waals surface area (Å²) in [5.41, 5.74) is 2.49. The third-order valence-corrected chi connectivity index (χ3v) is 11.2. The van der Waals surface area contributed by atoms with E-state index in [1.54, 1.807) is 5.57 Å². The van der Waals surface area contributed by atoms with Crippen LogP contribution in [-0.2, 0) is 0 Å². The molecule has 2 unspecified atom stereocenters. The van der Waals surface area contributed by atoms with Gasteiger partial charge in [-0.1, -0.05) is 59.1 Å². The first-order valence-corrected chi connectivity index (χ1v) is 13.2. The molecule has 2 heteroatoms. The lowest BCUT2D eigenvalue weighted by Crippen LogP contribution is -2.50. The topological polar surface area (TPSA) is 40.5 Å². The van der Waals surface area contributed by atoms with Crippen LogP contribution in [0.15, 0.2) is 11.6 Å². The van der Waals surface area contributed by atoms with Crippen molar-refractivity contribution in [1.29, 1.82) is 0 Å². The fraction of sp³-hybridized carbons (Fsp3) is 0.929. The molecule has 0 aliphatic heterocycles. The Labute approximate surface area is 185 Å². The highest BCUT2D eigenvalue weighted by molar-refractivity contribution is 5.25. The second-order valence-corrected chi connectivity index (χ2v) is 12.6. The van der Waals surface area contributed by atoms with E-state index in [1.165, 1.54) is 51.4 Å². The lowest BCUT2D eigenvalue weighted by Gasteiger charge is -2.58. The quantitative estimate of drug-likeness (QED) is 0.478. The van der Waals surface area contributed by atoms with E-state index < -0.39 is 0 Å². The zero-order valence-corrected chi connectivity index (χ0v) is 20.4. The summed E-state index contributed by atoms with van der Waals surface area (Å²) < 4.78 is 0. The number of hydrogen-bond donors (Lipinski definition) is 2. The van der Waals surface area contributed by atoms with Crippen LogP contribution in [0.25, 0.3) is 0 Å². The molecule has 0 aromatic heterocycles. The molecular weight excluding hydrogens is 368 g/mol. The van der Waals surface area contributed by atoms with Crippen LogP contribution in [-0.4, -0.2) is 22.9 Å². The predicted octanol–water partition coefficient (Wildman–Crippen LogP) is 6.61. The SMILES string of the molecule is CC(CO)[C@@H](C)CC[C@@H](C)[C@H]1CC[C@H]2[C@@H]3CC=C4CC(O)CC[C@]4(C)[C@H]3CC[C@]12C. The van der Waals surface area contributed by atoms with E-state index in [4.69, 9.17) is 0 Å². The minimum absolute atomic E-state index is 0.0950. The first kappa shape index (κ1) is 22.8. The van der Waals surface area contributed by atoms with Crippen LogP contribution >= 0.6 is 0 Å². The van der Waals surface area contributed by atoms with Crippen molar-refractivity contribution in [3.8, 4) is 0 Å². The Kier molecular flexibility index (Phi) is 6.50. The van der Waals surface area contributed by atoms with E-state index in [1.807, 2.05) is 0 Å². The minimum Gasteiger partial charge on any atom is -0.396 e. The van der Waals surface area contributed by atoms with Crippen LogP contribution in [0.4, 0.5) is 0 Å². The van der Waals surface area contributed by atoms with Gasteiger partial charge in [-0.15, -0.1) is 0 Å². The van der Waals surface area contributed by atoms with Gasteiger partial charge in [0.15, 0.2) is 0 Å². The van der Waals surface area contributed by atoms with E-state index in [0.717, 1.165) is 42.4 Å². The molecule has 172 valence electrons. The van der Waals surface area contributed by atoms with Crippen LogP contribution in [0.1, 0.15) is 98.8 Å². The van der Waals surface area contributed by atoms with Crippen molar-refractivity contribution in [2.75, 3.05) is 6.61 Å². The molecule has 3 fully saturated rings. The summed E-state index contributed by atoms with van der Waals surface area (Å²) >= 11 is 0. The normalized spacial score (nSPS) is 46.2. The van der Waals surface area contributed by atoms with Crippen molar-refractivity contribution in [2.45, 2.75) is 105 Å². The van der Waals surface area contributed by atoms with Crippen LogP contribution in [0.3, 0.4) is 0 Å². The summed E-state index contributed by atoms with van der Waals surface area (Å²) in [4.78, 5) is 0. The molecule has 0 aromatic carbocycles. The summed E-state index contributed by atoms with van der Waals surface area (Å²) in [5, 5.41) is 19.7. The van der Waals surface area contributed by atoms with Crippen LogP contribution in [0, 0.1) is 52.3 Å². The molecule has 0 spiro atoms. The standard InChI is InChI=1S/C28H48O2/c1-18(20(3)17-29)6-7-19(2)24-10-11-25-23-9-8-21-16-22(30)12-14-27(21,4)26(23)13-15-28(24,25)5/h8,18-20,22-26,29-30H,6-7,9-17H2,1-5H3/t18-,19+,20?,22?,23-,24+,25-,26-,27-,28+/m0/s1. The maximum absolute atomic E-state index is 10.2. The summed E-state index contributed by atoms with van der Waals surface area (Å²) in [6.45, 7) is 12.6. The van der Waals surface area contributed by atoms with Crippen molar-refractivity contribution >= 4 is 0 Å². The molecule has 0 bridgehead atoms. The molecule has 0 aromatic rings. The molecule has 0 amide bonds. The first-order chi connectivity index (χ1) is 14.2. The predicted molar refractivity (Wildman–Crippen MR) is 125 cm³/mol. The Morgan fingerprint density at radius 2 is 1.73 bits per heavy atom. The Morgan fingerprint density at radius 1 is 0.967 bits per heavy atom. The van der Waals surface area contributed by atoms with Crippen LogP contribution in [0.5, 0.6) is 0 Å². The second-order valence-electron chi connectivity index (χ2n) is 12.6. The largest absolute Gasteiger partial charge is 0.396 e. The van der Waals surface area contributed by atoms with Crippen molar-refractivity contribution in [1.82, 2.24) is 0 Å². The fourth-order valence-electron chi connectivity index (χ4n) is 8.81.